The van der Waals surface area contributed by atoms with Crippen LogP contribution in [0.15, 0.2) is 18.2 Å². The van der Waals surface area contributed by atoms with E-state index in [1.807, 2.05) is 0 Å². The number of aryl methyl sites for hydroxylation is 1. The number of rotatable bonds is 7. The van der Waals surface area contributed by atoms with Gasteiger partial charge in [-0.25, -0.2) is 4.39 Å². The predicted molar refractivity (Wildman–Crippen MR) is 89.7 cm³/mol. The molecule has 1 aromatic rings. The molecule has 1 aliphatic rings. The van der Waals surface area contributed by atoms with Gasteiger partial charge in [0.2, 0.25) is 0 Å². The Balaban J connectivity index is 0.00000264. The maximum absolute atomic E-state index is 14.0. The Hall–Kier alpha value is -1.33. The average Bonchev–Trinajstić information content (AvgIpc) is 2.53. The number of hydrogen-bond donors (Lipinski definition) is 1. The molecule has 1 saturated heterocycles. The second kappa shape index (κ2) is 10.4. The summed E-state index contributed by atoms with van der Waals surface area (Å²) in [5.41, 5.74) is 0.514. The summed E-state index contributed by atoms with van der Waals surface area (Å²) < 4.78 is 24.5. The second-order valence-corrected chi connectivity index (χ2v) is 5.58. The smallest absolute Gasteiger partial charge is 0.306 e. The van der Waals surface area contributed by atoms with Gasteiger partial charge in [0.25, 0.3) is 0 Å². The van der Waals surface area contributed by atoms with Gasteiger partial charge in [-0.15, -0.1) is 12.4 Å². The molecule has 1 aromatic carbocycles. The molecule has 1 heterocycles. The molecule has 0 amide bonds. The van der Waals surface area contributed by atoms with E-state index in [2.05, 4.69) is 5.32 Å². The molecule has 0 saturated carbocycles. The molecule has 1 fully saturated rings. The van der Waals surface area contributed by atoms with Gasteiger partial charge in [0.05, 0.1) is 13.2 Å². The van der Waals surface area contributed by atoms with Crippen molar-refractivity contribution in [2.24, 2.45) is 5.92 Å². The molecule has 0 spiro atoms. The van der Waals surface area contributed by atoms with E-state index >= 15 is 0 Å². The molecule has 0 radical (unpaired) electrons. The van der Waals surface area contributed by atoms with E-state index in [1.54, 1.807) is 19.1 Å². The maximum Gasteiger partial charge on any atom is 0.306 e. The lowest BCUT2D eigenvalue weighted by molar-refractivity contribution is -0.143. The summed E-state index contributed by atoms with van der Waals surface area (Å²) >= 11 is 0. The normalized spacial score (nSPS) is 17.2. The van der Waals surface area contributed by atoms with Crippen molar-refractivity contribution < 1.29 is 18.7 Å². The van der Waals surface area contributed by atoms with E-state index in [1.165, 1.54) is 6.07 Å². The van der Waals surface area contributed by atoms with E-state index in [4.69, 9.17) is 9.47 Å². The summed E-state index contributed by atoms with van der Waals surface area (Å²) in [4.78, 5) is 11.3. The Labute approximate surface area is 143 Å². The fourth-order valence-corrected chi connectivity index (χ4v) is 2.57. The zero-order valence-corrected chi connectivity index (χ0v) is 14.3. The van der Waals surface area contributed by atoms with Crippen molar-refractivity contribution in [2.45, 2.75) is 32.6 Å². The quantitative estimate of drug-likeness (QED) is 0.771. The Bertz CT molecular complexity index is 493. The van der Waals surface area contributed by atoms with Crippen LogP contribution < -0.4 is 10.1 Å². The van der Waals surface area contributed by atoms with Crippen LogP contribution in [0.25, 0.3) is 0 Å². The summed E-state index contributed by atoms with van der Waals surface area (Å²) in [6, 6.07) is 4.85. The van der Waals surface area contributed by atoms with Crippen molar-refractivity contribution in [3.8, 4) is 5.75 Å². The van der Waals surface area contributed by atoms with Gasteiger partial charge in [-0.2, -0.15) is 0 Å². The minimum absolute atomic E-state index is 0. The first-order valence-electron chi connectivity index (χ1n) is 7.96. The third-order valence-electron chi connectivity index (χ3n) is 3.81. The molecule has 130 valence electrons. The number of nitrogens with one attached hydrogen (secondary N) is 1. The van der Waals surface area contributed by atoms with Gasteiger partial charge in [-0.3, -0.25) is 4.79 Å². The van der Waals surface area contributed by atoms with Crippen LogP contribution in [0, 0.1) is 11.7 Å². The zero-order chi connectivity index (χ0) is 15.8. The van der Waals surface area contributed by atoms with Crippen molar-refractivity contribution in [2.75, 3.05) is 26.3 Å². The van der Waals surface area contributed by atoms with Gasteiger partial charge in [0, 0.05) is 24.9 Å². The molecule has 1 aliphatic heterocycles. The summed E-state index contributed by atoms with van der Waals surface area (Å²) in [6.07, 6.45) is 2.85. The van der Waals surface area contributed by atoms with Gasteiger partial charge in [-0.05, 0) is 44.4 Å². The Morgan fingerprint density at radius 2 is 2.26 bits per heavy atom. The zero-order valence-electron chi connectivity index (χ0n) is 13.5. The lowest BCUT2D eigenvalue weighted by atomic mass is 10.0. The molecular weight excluding hydrogens is 321 g/mol. The summed E-state index contributed by atoms with van der Waals surface area (Å²) in [6.45, 7) is 4.74. The van der Waals surface area contributed by atoms with Gasteiger partial charge >= 0.3 is 5.97 Å². The van der Waals surface area contributed by atoms with E-state index in [0.29, 0.717) is 36.9 Å². The molecule has 6 heteroatoms. The van der Waals surface area contributed by atoms with Crippen LogP contribution >= 0.6 is 12.4 Å². The molecule has 1 atom stereocenters. The third kappa shape index (κ3) is 6.75. The van der Waals surface area contributed by atoms with Crippen molar-refractivity contribution in [3.63, 3.8) is 0 Å². The Morgan fingerprint density at radius 3 is 2.91 bits per heavy atom. The van der Waals surface area contributed by atoms with Crippen LogP contribution in [0.5, 0.6) is 5.75 Å². The van der Waals surface area contributed by atoms with Crippen LogP contribution in [0.3, 0.4) is 0 Å². The SMILES string of the molecule is CCOC(=O)CCc1ccc(OCC2CCCNC2)cc1F.Cl. The van der Waals surface area contributed by atoms with Crippen molar-refractivity contribution >= 4 is 18.4 Å². The molecule has 0 aliphatic carbocycles. The summed E-state index contributed by atoms with van der Waals surface area (Å²) in [5, 5.41) is 3.33. The predicted octanol–water partition coefficient (Wildman–Crippen LogP) is 3.12. The number of ether oxygens (including phenoxy) is 2. The van der Waals surface area contributed by atoms with Crippen molar-refractivity contribution in [1.29, 1.82) is 0 Å². The highest BCUT2D eigenvalue weighted by Gasteiger charge is 2.14. The Morgan fingerprint density at radius 1 is 1.43 bits per heavy atom. The highest BCUT2D eigenvalue weighted by Crippen LogP contribution is 2.20. The number of piperidine rings is 1. The van der Waals surface area contributed by atoms with E-state index in [-0.39, 0.29) is 30.6 Å². The van der Waals surface area contributed by atoms with Gasteiger partial charge in [-0.1, -0.05) is 6.07 Å². The minimum Gasteiger partial charge on any atom is -0.493 e. The fraction of sp³-hybridized carbons (Fsp3) is 0.588. The summed E-state index contributed by atoms with van der Waals surface area (Å²) in [7, 11) is 0. The largest absolute Gasteiger partial charge is 0.493 e. The van der Waals surface area contributed by atoms with Crippen LogP contribution in [0.4, 0.5) is 4.39 Å². The number of esters is 1. The van der Waals surface area contributed by atoms with Crippen LogP contribution in [-0.4, -0.2) is 32.3 Å². The molecule has 2 rings (SSSR count). The lowest BCUT2D eigenvalue weighted by Gasteiger charge is -2.22. The number of carbonyl (C=O) groups is 1. The van der Waals surface area contributed by atoms with Crippen molar-refractivity contribution in [3.05, 3.63) is 29.6 Å². The minimum atomic E-state index is -0.330. The number of carbonyl (C=O) groups excluding carboxylic acids is 1. The molecule has 0 bridgehead atoms. The number of halogens is 2. The van der Waals surface area contributed by atoms with Gasteiger partial charge in [0.15, 0.2) is 0 Å². The lowest BCUT2D eigenvalue weighted by Crippen LogP contribution is -2.33. The van der Waals surface area contributed by atoms with Crippen LogP contribution in [-0.2, 0) is 16.0 Å². The van der Waals surface area contributed by atoms with E-state index < -0.39 is 0 Å². The number of benzene rings is 1. The topological polar surface area (TPSA) is 47.6 Å². The van der Waals surface area contributed by atoms with Crippen LogP contribution in [0.1, 0.15) is 31.7 Å². The fourth-order valence-electron chi connectivity index (χ4n) is 2.57. The van der Waals surface area contributed by atoms with Gasteiger partial charge < -0.3 is 14.8 Å². The highest BCUT2D eigenvalue weighted by atomic mass is 35.5. The van der Waals surface area contributed by atoms with E-state index in [9.17, 15) is 9.18 Å². The standard InChI is InChI=1S/C17H24FNO3.ClH/c1-2-21-17(20)8-6-14-5-7-15(10-16(14)18)22-12-13-4-3-9-19-11-13;/h5,7,10,13,19H,2-4,6,8-9,11-12H2,1H3;1H. The molecule has 1 N–H and O–H groups in total. The molecule has 4 nitrogen and oxygen atoms in total. The third-order valence-corrected chi connectivity index (χ3v) is 3.81. The molecular formula is C17H25ClFNO3. The average molecular weight is 346 g/mol. The second-order valence-electron chi connectivity index (χ2n) is 5.58. The highest BCUT2D eigenvalue weighted by molar-refractivity contribution is 5.85. The van der Waals surface area contributed by atoms with E-state index in [0.717, 1.165) is 25.9 Å². The summed E-state index contributed by atoms with van der Waals surface area (Å²) in [5.74, 6) is 0.402. The van der Waals surface area contributed by atoms with Crippen LogP contribution in [0.2, 0.25) is 0 Å². The first kappa shape index (κ1) is 19.7. The first-order valence-corrected chi connectivity index (χ1v) is 7.96. The Kier molecular flexibility index (Phi) is 8.95. The molecule has 0 aromatic heterocycles. The molecule has 1 unspecified atom stereocenters. The number of hydrogen-bond acceptors (Lipinski definition) is 4. The van der Waals surface area contributed by atoms with Gasteiger partial charge in [0.1, 0.15) is 11.6 Å². The first-order chi connectivity index (χ1) is 10.7. The maximum atomic E-state index is 14.0. The monoisotopic (exact) mass is 345 g/mol. The van der Waals surface area contributed by atoms with Crippen molar-refractivity contribution in [1.82, 2.24) is 5.32 Å². The molecule has 23 heavy (non-hydrogen) atoms.